The van der Waals surface area contributed by atoms with Crippen LogP contribution in [0, 0.1) is 5.92 Å². The number of ether oxygens (including phenoxy) is 1. The molecule has 0 bridgehead atoms. The Kier molecular flexibility index (Phi) is 12.6. The number of rotatable bonds is 13. The van der Waals surface area contributed by atoms with Gasteiger partial charge < -0.3 is 20.3 Å². The van der Waals surface area contributed by atoms with Crippen LogP contribution in [0.3, 0.4) is 0 Å². The first-order valence-electron chi connectivity index (χ1n) is 13.9. The van der Waals surface area contributed by atoms with Crippen molar-refractivity contribution in [2.75, 3.05) is 6.54 Å². The van der Waals surface area contributed by atoms with Gasteiger partial charge in [0, 0.05) is 12.1 Å². The summed E-state index contributed by atoms with van der Waals surface area (Å²) >= 11 is 0. The zero-order valence-corrected chi connectivity index (χ0v) is 24.9. The first-order chi connectivity index (χ1) is 17.2. The smallest absolute Gasteiger partial charge is 0.408 e. The lowest BCUT2D eigenvalue weighted by molar-refractivity contribution is -0.150. The first-order valence-corrected chi connectivity index (χ1v) is 13.9. The highest BCUT2D eigenvalue weighted by atomic mass is 16.6. The summed E-state index contributed by atoms with van der Waals surface area (Å²) in [6.45, 7) is 19.8. The van der Waals surface area contributed by atoms with Crippen LogP contribution >= 0.6 is 0 Å². The van der Waals surface area contributed by atoms with Crippen LogP contribution in [-0.2, 0) is 20.7 Å². The van der Waals surface area contributed by atoms with Crippen molar-refractivity contribution >= 4 is 17.9 Å². The zero-order valence-electron chi connectivity index (χ0n) is 24.9. The van der Waals surface area contributed by atoms with Crippen molar-refractivity contribution in [3.05, 3.63) is 35.4 Å². The highest BCUT2D eigenvalue weighted by Gasteiger charge is 2.43. The van der Waals surface area contributed by atoms with Crippen molar-refractivity contribution in [3.63, 3.8) is 0 Å². The number of amides is 3. The molecule has 210 valence electrons. The van der Waals surface area contributed by atoms with E-state index in [0.29, 0.717) is 13.0 Å². The largest absolute Gasteiger partial charge is 0.444 e. The molecule has 0 aromatic heterocycles. The van der Waals surface area contributed by atoms with E-state index in [4.69, 9.17) is 4.74 Å². The molecule has 0 radical (unpaired) electrons. The zero-order chi connectivity index (χ0) is 28.4. The molecule has 1 aromatic carbocycles. The maximum Gasteiger partial charge on any atom is 0.408 e. The Bertz CT molecular complexity index is 872. The summed E-state index contributed by atoms with van der Waals surface area (Å²) in [5.41, 5.74) is 0.554. The van der Waals surface area contributed by atoms with Crippen LogP contribution in [0.5, 0.6) is 0 Å². The van der Waals surface area contributed by atoms with Gasteiger partial charge in [0.15, 0.2) is 0 Å². The number of aryl methyl sites for hydroxylation is 1. The van der Waals surface area contributed by atoms with Gasteiger partial charge in [-0.2, -0.15) is 0 Å². The molecular weight excluding hydrogens is 466 g/mol. The highest BCUT2D eigenvalue weighted by Crippen LogP contribution is 2.33. The lowest BCUT2D eigenvalue weighted by Gasteiger charge is -2.45. The van der Waals surface area contributed by atoms with Crippen molar-refractivity contribution in [1.29, 1.82) is 0 Å². The van der Waals surface area contributed by atoms with E-state index in [1.54, 1.807) is 25.7 Å². The van der Waals surface area contributed by atoms with Crippen LogP contribution in [0.4, 0.5) is 4.79 Å². The fourth-order valence-electron chi connectivity index (χ4n) is 4.08. The number of benzene rings is 1. The Balaban J connectivity index is 3.55. The lowest BCUT2D eigenvalue weighted by atomic mass is 9.90. The topological polar surface area (TPSA) is 87.7 Å². The van der Waals surface area contributed by atoms with Gasteiger partial charge in [0.05, 0.1) is 0 Å². The van der Waals surface area contributed by atoms with Crippen LogP contribution in [0.15, 0.2) is 24.3 Å². The van der Waals surface area contributed by atoms with Gasteiger partial charge in [0.2, 0.25) is 11.8 Å². The van der Waals surface area contributed by atoms with E-state index in [9.17, 15) is 14.4 Å². The second kappa shape index (κ2) is 14.4. The molecule has 0 fully saturated rings. The van der Waals surface area contributed by atoms with Crippen molar-refractivity contribution in [2.45, 2.75) is 125 Å². The SMILES string of the molecule is CCCCCNC(=O)C(c1ccc(CC)cc1)N(C(=O)C(NC(=O)OC(C)(C)C)C(C)C)C(C)(C)CC. The molecule has 0 aliphatic rings. The summed E-state index contributed by atoms with van der Waals surface area (Å²) in [7, 11) is 0. The second-order valence-corrected chi connectivity index (χ2v) is 11.7. The molecule has 0 aliphatic heterocycles. The molecule has 2 atom stereocenters. The van der Waals surface area contributed by atoms with Gasteiger partial charge in [-0.3, -0.25) is 9.59 Å². The number of hydrogen-bond donors (Lipinski definition) is 2. The van der Waals surface area contributed by atoms with E-state index in [1.165, 1.54) is 0 Å². The predicted molar refractivity (Wildman–Crippen MR) is 150 cm³/mol. The molecule has 7 nitrogen and oxygen atoms in total. The normalized spacial score (nSPS) is 13.6. The van der Waals surface area contributed by atoms with Gasteiger partial charge >= 0.3 is 6.09 Å². The molecule has 37 heavy (non-hydrogen) atoms. The highest BCUT2D eigenvalue weighted by molar-refractivity contribution is 5.92. The van der Waals surface area contributed by atoms with Crippen molar-refractivity contribution in [3.8, 4) is 0 Å². The van der Waals surface area contributed by atoms with Crippen LogP contribution < -0.4 is 10.6 Å². The molecule has 2 unspecified atom stereocenters. The number of alkyl carbamates (subject to hydrolysis) is 1. The number of carbonyl (C=O) groups excluding carboxylic acids is 3. The van der Waals surface area contributed by atoms with Crippen molar-refractivity contribution in [2.24, 2.45) is 5.92 Å². The maximum atomic E-state index is 14.3. The maximum absolute atomic E-state index is 14.3. The van der Waals surface area contributed by atoms with Crippen LogP contribution in [0.2, 0.25) is 0 Å². The summed E-state index contributed by atoms with van der Waals surface area (Å²) in [6.07, 6.45) is 3.81. The minimum Gasteiger partial charge on any atom is -0.444 e. The molecule has 0 spiro atoms. The van der Waals surface area contributed by atoms with E-state index in [-0.39, 0.29) is 17.7 Å². The molecule has 3 amide bonds. The Morgan fingerprint density at radius 1 is 0.946 bits per heavy atom. The molecule has 0 saturated carbocycles. The van der Waals surface area contributed by atoms with Gasteiger partial charge in [-0.15, -0.1) is 0 Å². The van der Waals surface area contributed by atoms with Gasteiger partial charge in [-0.1, -0.05) is 71.7 Å². The quantitative estimate of drug-likeness (QED) is 0.307. The molecule has 1 aromatic rings. The van der Waals surface area contributed by atoms with Gasteiger partial charge in [-0.05, 0) is 70.9 Å². The summed E-state index contributed by atoms with van der Waals surface area (Å²) < 4.78 is 5.45. The average molecular weight is 518 g/mol. The molecular formula is C30H51N3O4. The monoisotopic (exact) mass is 517 g/mol. The summed E-state index contributed by atoms with van der Waals surface area (Å²) in [5, 5.41) is 5.86. The summed E-state index contributed by atoms with van der Waals surface area (Å²) in [5.74, 6) is -0.734. The van der Waals surface area contributed by atoms with Crippen LogP contribution in [0.25, 0.3) is 0 Å². The van der Waals surface area contributed by atoms with Gasteiger partial charge in [0.1, 0.15) is 17.7 Å². The standard InChI is InChI=1S/C30H51N3O4/c1-11-14-15-20-31-26(34)25(23-18-16-22(12-2)17-19-23)33(30(9,10)13-3)27(35)24(21(4)5)32-28(36)37-29(6,7)8/h16-19,21,24-25H,11-15,20H2,1-10H3,(H,31,34)(H,32,36). The summed E-state index contributed by atoms with van der Waals surface area (Å²) in [4.78, 5) is 42.4. The lowest BCUT2D eigenvalue weighted by Crippen LogP contribution is -2.60. The fourth-order valence-corrected chi connectivity index (χ4v) is 4.08. The Hall–Kier alpha value is -2.57. The average Bonchev–Trinajstić information content (AvgIpc) is 2.81. The molecule has 2 N–H and O–H groups in total. The third-order valence-corrected chi connectivity index (χ3v) is 6.65. The van der Waals surface area contributed by atoms with Crippen LogP contribution in [0.1, 0.15) is 112 Å². The number of nitrogens with zero attached hydrogens (tertiary/aromatic N) is 1. The van der Waals surface area contributed by atoms with Crippen molar-refractivity contribution < 1.29 is 19.1 Å². The number of carbonyl (C=O) groups is 3. The second-order valence-electron chi connectivity index (χ2n) is 11.7. The third-order valence-electron chi connectivity index (χ3n) is 6.65. The number of nitrogens with one attached hydrogen (secondary N) is 2. The third kappa shape index (κ3) is 10.0. The number of unbranched alkanes of at least 4 members (excludes halogenated alkanes) is 2. The molecule has 0 saturated heterocycles. The summed E-state index contributed by atoms with van der Waals surface area (Å²) in [6, 6.07) is 6.20. The van der Waals surface area contributed by atoms with E-state index in [0.717, 1.165) is 36.8 Å². The Morgan fingerprint density at radius 2 is 1.54 bits per heavy atom. The van der Waals surface area contributed by atoms with Gasteiger partial charge in [0.25, 0.3) is 0 Å². The van der Waals surface area contributed by atoms with Crippen LogP contribution in [-0.4, -0.2) is 46.5 Å². The minimum atomic E-state index is -0.856. The fraction of sp³-hybridized carbons (Fsp3) is 0.700. The predicted octanol–water partition coefficient (Wildman–Crippen LogP) is 6.16. The number of hydrogen-bond acceptors (Lipinski definition) is 4. The van der Waals surface area contributed by atoms with Gasteiger partial charge in [-0.25, -0.2) is 4.79 Å². The molecule has 0 aliphatic carbocycles. The van der Waals surface area contributed by atoms with E-state index in [2.05, 4.69) is 24.5 Å². The van der Waals surface area contributed by atoms with E-state index < -0.39 is 29.3 Å². The van der Waals surface area contributed by atoms with E-state index in [1.807, 2.05) is 58.9 Å². The van der Waals surface area contributed by atoms with E-state index >= 15 is 0 Å². The molecule has 7 heteroatoms. The molecule has 0 heterocycles. The first kappa shape index (κ1) is 32.5. The molecule has 1 rings (SSSR count). The van der Waals surface area contributed by atoms with Crippen molar-refractivity contribution in [1.82, 2.24) is 15.5 Å². The Morgan fingerprint density at radius 3 is 2.00 bits per heavy atom. The minimum absolute atomic E-state index is 0.213. The Labute approximate surface area is 225 Å².